The smallest absolute Gasteiger partial charge is 0.218 e. The first-order valence-electron chi connectivity index (χ1n) is 16.6. The van der Waals surface area contributed by atoms with Crippen molar-refractivity contribution in [3.63, 3.8) is 0 Å². The Morgan fingerprint density at radius 1 is 0.784 bits per heavy atom. The summed E-state index contributed by atoms with van der Waals surface area (Å²) in [5.41, 5.74) is 4.38. The average molecular weight is 778 g/mol. The number of nitrogens with zero attached hydrogens (tertiary/aromatic N) is 2. The van der Waals surface area contributed by atoms with Crippen LogP contribution in [0.15, 0.2) is 54.7 Å². The Labute approximate surface area is 307 Å². The van der Waals surface area contributed by atoms with Gasteiger partial charge in [0, 0.05) is 64.8 Å². The molecule has 0 radical (unpaired) electrons. The molecule has 2 aromatic carbocycles. The molecule has 0 amide bonds. The highest BCUT2D eigenvalue weighted by Gasteiger charge is 2.26. The molecule has 4 heterocycles. The summed E-state index contributed by atoms with van der Waals surface area (Å²) in [7, 11) is -2.94. The van der Waals surface area contributed by atoms with Gasteiger partial charge in [-0.25, -0.2) is 26.2 Å². The molecule has 0 unspecified atom stereocenters. The van der Waals surface area contributed by atoms with E-state index in [9.17, 15) is 16.8 Å². The van der Waals surface area contributed by atoms with E-state index >= 15 is 4.39 Å². The Balaban J connectivity index is 1.23. The highest BCUT2D eigenvalue weighted by molar-refractivity contribution is 7.91. The molecule has 0 spiro atoms. The number of rotatable bonds is 11. The van der Waals surface area contributed by atoms with Gasteiger partial charge in [0.25, 0.3) is 0 Å². The summed E-state index contributed by atoms with van der Waals surface area (Å²) in [5.74, 6) is 0.836. The molecule has 0 saturated carbocycles. The second-order valence-corrected chi connectivity index (χ2v) is 18.2. The Kier molecular flexibility index (Phi) is 11.5. The zero-order valence-corrected chi connectivity index (χ0v) is 31.4. The van der Waals surface area contributed by atoms with Crippen molar-refractivity contribution in [2.24, 2.45) is 0 Å². The number of pyridine rings is 2. The van der Waals surface area contributed by atoms with Crippen LogP contribution in [0.1, 0.15) is 36.8 Å². The third-order valence-corrected chi connectivity index (χ3v) is 13.7. The van der Waals surface area contributed by atoms with E-state index in [1.807, 2.05) is 30.3 Å². The summed E-state index contributed by atoms with van der Waals surface area (Å²) >= 11 is 14.0. The van der Waals surface area contributed by atoms with Crippen LogP contribution in [0.25, 0.3) is 33.6 Å². The van der Waals surface area contributed by atoms with Crippen molar-refractivity contribution >= 4 is 42.9 Å². The number of methoxy groups -OCH3 is 2. The predicted octanol–water partition coefficient (Wildman–Crippen LogP) is 6.27. The molecule has 2 saturated heterocycles. The fourth-order valence-corrected chi connectivity index (χ4v) is 10.1. The molecule has 51 heavy (non-hydrogen) atoms. The lowest BCUT2D eigenvalue weighted by Gasteiger charge is -2.24. The average Bonchev–Trinajstić information content (AvgIpc) is 3.11. The van der Waals surface area contributed by atoms with Crippen LogP contribution < -0.4 is 20.1 Å². The van der Waals surface area contributed by atoms with Crippen molar-refractivity contribution in [3.05, 3.63) is 81.7 Å². The maximum Gasteiger partial charge on any atom is 0.218 e. The van der Waals surface area contributed by atoms with Gasteiger partial charge in [-0.05, 0) is 49.9 Å². The highest BCUT2D eigenvalue weighted by atomic mass is 35.5. The van der Waals surface area contributed by atoms with Gasteiger partial charge in [-0.2, -0.15) is 0 Å². The van der Waals surface area contributed by atoms with Crippen LogP contribution >= 0.6 is 23.2 Å². The van der Waals surface area contributed by atoms with Gasteiger partial charge >= 0.3 is 0 Å². The maximum absolute atomic E-state index is 15.6. The van der Waals surface area contributed by atoms with E-state index in [-0.39, 0.29) is 46.7 Å². The Hall–Kier alpha value is -3.33. The van der Waals surface area contributed by atoms with Crippen LogP contribution in [-0.4, -0.2) is 76.1 Å². The van der Waals surface area contributed by atoms with E-state index in [4.69, 9.17) is 37.7 Å². The third kappa shape index (κ3) is 8.66. The molecule has 15 heteroatoms. The van der Waals surface area contributed by atoms with Crippen molar-refractivity contribution in [3.8, 4) is 45.3 Å². The van der Waals surface area contributed by atoms with Crippen LogP contribution in [0.4, 0.5) is 4.39 Å². The maximum atomic E-state index is 15.6. The van der Waals surface area contributed by atoms with Gasteiger partial charge in [0.2, 0.25) is 5.88 Å². The Morgan fingerprint density at radius 2 is 1.39 bits per heavy atom. The Morgan fingerprint density at radius 3 is 2.02 bits per heavy atom. The van der Waals surface area contributed by atoms with Crippen molar-refractivity contribution in [1.29, 1.82) is 0 Å². The fraction of sp³-hybridized carbons (Fsp3) is 0.389. The molecular formula is C36H39Cl2FN4O6S2. The minimum absolute atomic E-state index is 0.0342. The molecule has 4 aromatic rings. The minimum Gasteiger partial charge on any atom is -0.496 e. The molecule has 2 aliphatic rings. The summed E-state index contributed by atoms with van der Waals surface area (Å²) in [6.45, 7) is 0.646. The minimum atomic E-state index is -3.01. The van der Waals surface area contributed by atoms with Crippen molar-refractivity contribution in [2.75, 3.05) is 37.2 Å². The summed E-state index contributed by atoms with van der Waals surface area (Å²) in [6, 6.07) is 14.2. The Bertz CT molecular complexity index is 2130. The quantitative estimate of drug-likeness (QED) is 0.179. The molecule has 2 N–H and O–H groups in total. The van der Waals surface area contributed by atoms with Crippen molar-refractivity contribution < 1.29 is 30.7 Å². The summed E-state index contributed by atoms with van der Waals surface area (Å²) in [4.78, 5) is 9.22. The molecule has 2 aromatic heterocycles. The van der Waals surface area contributed by atoms with E-state index < -0.39 is 25.5 Å². The molecule has 2 aliphatic heterocycles. The van der Waals surface area contributed by atoms with Crippen LogP contribution in [0.5, 0.6) is 11.6 Å². The molecule has 2 fully saturated rings. The van der Waals surface area contributed by atoms with Gasteiger partial charge in [-0.1, -0.05) is 47.5 Å². The van der Waals surface area contributed by atoms with Gasteiger partial charge in [0.15, 0.2) is 0 Å². The van der Waals surface area contributed by atoms with E-state index in [2.05, 4.69) is 15.6 Å². The normalized spacial score (nSPS) is 17.7. The molecular weight excluding hydrogens is 738 g/mol. The first-order chi connectivity index (χ1) is 24.4. The number of sulfone groups is 2. The second kappa shape index (κ2) is 15.7. The molecule has 6 rings (SSSR count). The highest BCUT2D eigenvalue weighted by Crippen LogP contribution is 2.42. The molecule has 10 nitrogen and oxygen atoms in total. The first kappa shape index (κ1) is 37.4. The standard InChI is InChI=1S/C36H39Cl2FN4O6S2/c1-48-32-19-23(18-30(39)29(32)21-42-25-11-16-51(46,47)17-12-25)35-34(38)27(8-13-40-35)26-4-3-5-28(33(26)37)31-7-6-22(36(43-31)49-2)20-41-24-9-14-50(44,45)15-10-24/h3-8,13,18-19,24-25,41-42H,9-12,14-17,20-21H2,1-2H3. The zero-order valence-electron chi connectivity index (χ0n) is 28.2. The number of halogens is 3. The largest absolute Gasteiger partial charge is 0.496 e. The second-order valence-electron chi connectivity index (χ2n) is 12.8. The zero-order chi connectivity index (χ0) is 36.3. The number of aromatic nitrogens is 2. The topological polar surface area (TPSA) is 137 Å². The van der Waals surface area contributed by atoms with Crippen molar-refractivity contribution in [1.82, 2.24) is 20.6 Å². The summed E-state index contributed by atoms with van der Waals surface area (Å²) in [5, 5.41) is 7.38. The lowest BCUT2D eigenvalue weighted by atomic mass is 9.99. The van der Waals surface area contributed by atoms with Crippen LogP contribution in [0.2, 0.25) is 10.0 Å². The van der Waals surface area contributed by atoms with Gasteiger partial charge in [0.05, 0.1) is 58.7 Å². The fourth-order valence-electron chi connectivity index (χ4n) is 6.51. The van der Waals surface area contributed by atoms with Crippen LogP contribution in [-0.2, 0) is 32.8 Å². The van der Waals surface area contributed by atoms with Crippen LogP contribution in [0, 0.1) is 5.82 Å². The number of ether oxygens (including phenoxy) is 2. The monoisotopic (exact) mass is 776 g/mol. The van der Waals surface area contributed by atoms with Gasteiger partial charge < -0.3 is 20.1 Å². The van der Waals surface area contributed by atoms with E-state index in [1.54, 1.807) is 25.4 Å². The van der Waals surface area contributed by atoms with Crippen LogP contribution in [0.3, 0.4) is 0 Å². The number of benzene rings is 2. The lowest BCUT2D eigenvalue weighted by molar-refractivity contribution is 0.386. The lowest BCUT2D eigenvalue weighted by Crippen LogP contribution is -2.37. The number of hydrogen-bond donors (Lipinski definition) is 2. The third-order valence-electron chi connectivity index (χ3n) is 9.49. The number of nitrogens with one attached hydrogen (secondary N) is 2. The van der Waals surface area contributed by atoms with E-state index in [1.165, 1.54) is 13.2 Å². The number of hydrogen-bond acceptors (Lipinski definition) is 10. The predicted molar refractivity (Wildman–Crippen MR) is 198 cm³/mol. The molecule has 0 bridgehead atoms. The first-order valence-corrected chi connectivity index (χ1v) is 21.0. The SMILES string of the molecule is COc1cc(-c2nccc(-c3cccc(-c4ccc(CNC5CCS(=O)(=O)CC5)c(OC)n4)c3Cl)c2Cl)cc(F)c1CNC1CCS(=O)(=O)CC1. The van der Waals surface area contributed by atoms with Gasteiger partial charge in [0.1, 0.15) is 31.2 Å². The van der Waals surface area contributed by atoms with Gasteiger partial charge in [-0.15, -0.1) is 0 Å². The molecule has 0 atom stereocenters. The van der Waals surface area contributed by atoms with Crippen molar-refractivity contribution in [2.45, 2.75) is 50.9 Å². The van der Waals surface area contributed by atoms with Gasteiger partial charge in [-0.3, -0.25) is 4.98 Å². The summed E-state index contributed by atoms with van der Waals surface area (Å²) in [6.07, 6.45) is 3.68. The summed E-state index contributed by atoms with van der Waals surface area (Å²) < 4.78 is 74.0. The van der Waals surface area contributed by atoms with E-state index in [0.717, 1.165) is 5.56 Å². The van der Waals surface area contributed by atoms with E-state index in [0.29, 0.717) is 88.1 Å². The molecule has 0 aliphatic carbocycles. The molecule has 272 valence electrons.